The largest absolute Gasteiger partial charge is 0.461 e. The summed E-state index contributed by atoms with van der Waals surface area (Å²) in [5.74, 6) is -0.303. The van der Waals surface area contributed by atoms with Crippen molar-refractivity contribution in [1.82, 2.24) is 9.88 Å². The third-order valence-electron chi connectivity index (χ3n) is 4.64. The van der Waals surface area contributed by atoms with E-state index in [9.17, 15) is 4.79 Å². The summed E-state index contributed by atoms with van der Waals surface area (Å²) in [6.45, 7) is 7.23. The second-order valence-electron chi connectivity index (χ2n) is 6.39. The topological polar surface area (TPSA) is 54.5 Å². The van der Waals surface area contributed by atoms with Gasteiger partial charge in [0, 0.05) is 34.5 Å². The van der Waals surface area contributed by atoms with Crippen LogP contribution in [0.25, 0.3) is 10.9 Å². The van der Waals surface area contributed by atoms with Crippen LogP contribution < -0.4 is 5.32 Å². The number of aromatic nitrogens is 1. The predicted octanol–water partition coefficient (Wildman–Crippen LogP) is 5.13. The van der Waals surface area contributed by atoms with Crippen LogP contribution in [0.3, 0.4) is 0 Å². The molecular formula is C22H24ClN3O2. The van der Waals surface area contributed by atoms with Crippen molar-refractivity contribution < 1.29 is 9.53 Å². The molecule has 6 heteroatoms. The van der Waals surface area contributed by atoms with Crippen LogP contribution in [0.15, 0.2) is 54.7 Å². The smallest absolute Gasteiger partial charge is 0.338 e. The van der Waals surface area contributed by atoms with Crippen LogP contribution in [0.2, 0.25) is 5.02 Å². The second kappa shape index (κ2) is 9.53. The van der Waals surface area contributed by atoms with Crippen LogP contribution in [-0.4, -0.2) is 42.1 Å². The molecule has 0 aliphatic rings. The summed E-state index contributed by atoms with van der Waals surface area (Å²) in [5, 5.41) is 5.00. The van der Waals surface area contributed by atoms with Crippen molar-refractivity contribution in [1.29, 1.82) is 0 Å². The highest BCUT2D eigenvalue weighted by molar-refractivity contribution is 6.31. The zero-order chi connectivity index (χ0) is 19.9. The minimum Gasteiger partial charge on any atom is -0.461 e. The zero-order valence-corrected chi connectivity index (χ0v) is 16.9. The van der Waals surface area contributed by atoms with Gasteiger partial charge in [-0.05, 0) is 61.6 Å². The molecule has 0 bridgehead atoms. The van der Waals surface area contributed by atoms with Gasteiger partial charge in [0.25, 0.3) is 0 Å². The van der Waals surface area contributed by atoms with Crippen molar-refractivity contribution >= 4 is 39.8 Å². The Hall–Kier alpha value is -2.63. The van der Waals surface area contributed by atoms with E-state index in [0.717, 1.165) is 41.9 Å². The Bertz CT molecular complexity index is 940. The van der Waals surface area contributed by atoms with Gasteiger partial charge in [-0.15, -0.1) is 0 Å². The normalized spacial score (nSPS) is 11.0. The number of nitrogens with zero attached hydrogens (tertiary/aromatic N) is 2. The number of carbonyl (C=O) groups is 1. The lowest BCUT2D eigenvalue weighted by molar-refractivity contribution is 0.0466. The SMILES string of the molecule is CCN(CC)CCOC(=O)c1ccc(Nc2ccnc3cc(Cl)ccc23)cc1. The van der Waals surface area contributed by atoms with E-state index in [1.165, 1.54) is 0 Å². The highest BCUT2D eigenvalue weighted by Crippen LogP contribution is 2.27. The third-order valence-corrected chi connectivity index (χ3v) is 4.87. The molecule has 28 heavy (non-hydrogen) atoms. The fourth-order valence-electron chi connectivity index (χ4n) is 2.97. The minimum atomic E-state index is -0.303. The highest BCUT2D eigenvalue weighted by atomic mass is 35.5. The van der Waals surface area contributed by atoms with Crippen LogP contribution in [0.5, 0.6) is 0 Å². The Morgan fingerprint density at radius 2 is 1.86 bits per heavy atom. The van der Waals surface area contributed by atoms with Crippen LogP contribution in [0.4, 0.5) is 11.4 Å². The summed E-state index contributed by atoms with van der Waals surface area (Å²) < 4.78 is 5.37. The number of likely N-dealkylation sites (N-methyl/N-ethyl adjacent to an activating group) is 1. The van der Waals surface area contributed by atoms with Gasteiger partial charge in [-0.3, -0.25) is 4.98 Å². The maximum atomic E-state index is 12.2. The standard InChI is InChI=1S/C22H24ClN3O2/c1-3-26(4-2)13-14-28-22(27)16-5-8-18(9-6-16)25-20-11-12-24-21-15-17(23)7-10-19(20)21/h5-12,15H,3-4,13-14H2,1-2H3,(H,24,25). The molecule has 0 saturated carbocycles. The van der Waals surface area contributed by atoms with Crippen molar-refractivity contribution in [2.45, 2.75) is 13.8 Å². The molecule has 0 spiro atoms. The van der Waals surface area contributed by atoms with Gasteiger partial charge < -0.3 is 15.0 Å². The Labute approximate surface area is 170 Å². The molecule has 146 valence electrons. The number of benzene rings is 2. The predicted molar refractivity (Wildman–Crippen MR) is 115 cm³/mol. The third kappa shape index (κ3) is 5.00. The van der Waals surface area contributed by atoms with Crippen molar-refractivity contribution in [3.8, 4) is 0 Å². The first-order valence-corrected chi connectivity index (χ1v) is 9.79. The summed E-state index contributed by atoms with van der Waals surface area (Å²) in [5.41, 5.74) is 3.17. The van der Waals surface area contributed by atoms with Crippen molar-refractivity contribution in [3.63, 3.8) is 0 Å². The molecule has 5 nitrogen and oxygen atoms in total. The van der Waals surface area contributed by atoms with E-state index >= 15 is 0 Å². The maximum absolute atomic E-state index is 12.2. The minimum absolute atomic E-state index is 0.303. The van der Waals surface area contributed by atoms with Crippen molar-refractivity contribution in [3.05, 3.63) is 65.3 Å². The average Bonchev–Trinajstić information content (AvgIpc) is 2.71. The molecule has 1 heterocycles. The Kier molecular flexibility index (Phi) is 6.85. The monoisotopic (exact) mass is 397 g/mol. The number of ether oxygens (including phenoxy) is 1. The molecule has 3 aromatic rings. The molecule has 0 unspecified atom stereocenters. The molecule has 1 aromatic heterocycles. The van der Waals surface area contributed by atoms with Gasteiger partial charge in [0.15, 0.2) is 0 Å². The summed E-state index contributed by atoms with van der Waals surface area (Å²) in [7, 11) is 0. The molecule has 3 rings (SSSR count). The first-order valence-electron chi connectivity index (χ1n) is 9.41. The first-order chi connectivity index (χ1) is 13.6. The fraction of sp³-hybridized carbons (Fsp3) is 0.273. The summed E-state index contributed by atoms with van der Waals surface area (Å²) in [6.07, 6.45) is 1.74. The van der Waals surface area contributed by atoms with Gasteiger partial charge in [0.2, 0.25) is 0 Å². The molecule has 0 aliphatic carbocycles. The molecule has 0 radical (unpaired) electrons. The number of fused-ring (bicyclic) bond motifs is 1. The quantitative estimate of drug-likeness (QED) is 0.534. The Balaban J connectivity index is 1.64. The Morgan fingerprint density at radius 3 is 2.57 bits per heavy atom. The summed E-state index contributed by atoms with van der Waals surface area (Å²) in [4.78, 5) is 18.8. The molecule has 0 amide bonds. The van der Waals surface area contributed by atoms with Crippen LogP contribution in [0, 0.1) is 0 Å². The summed E-state index contributed by atoms with van der Waals surface area (Å²) in [6, 6.07) is 14.8. The number of rotatable bonds is 8. The second-order valence-corrected chi connectivity index (χ2v) is 6.82. The van der Waals surface area contributed by atoms with Crippen molar-refractivity contribution in [2.75, 3.05) is 31.6 Å². The van der Waals surface area contributed by atoms with E-state index in [2.05, 4.69) is 29.0 Å². The number of esters is 1. The van der Waals surface area contributed by atoms with E-state index < -0.39 is 0 Å². The highest BCUT2D eigenvalue weighted by Gasteiger charge is 2.09. The Morgan fingerprint density at radius 1 is 1.11 bits per heavy atom. The lowest BCUT2D eigenvalue weighted by Gasteiger charge is -2.17. The average molecular weight is 398 g/mol. The fourth-order valence-corrected chi connectivity index (χ4v) is 3.13. The molecular weight excluding hydrogens is 374 g/mol. The van der Waals surface area contributed by atoms with Gasteiger partial charge in [0.05, 0.1) is 11.1 Å². The van der Waals surface area contributed by atoms with E-state index in [4.69, 9.17) is 16.3 Å². The molecule has 0 aliphatic heterocycles. The summed E-state index contributed by atoms with van der Waals surface area (Å²) >= 11 is 6.04. The number of hydrogen-bond donors (Lipinski definition) is 1. The molecule has 0 fully saturated rings. The molecule has 1 N–H and O–H groups in total. The van der Waals surface area contributed by atoms with Gasteiger partial charge in [-0.1, -0.05) is 25.4 Å². The van der Waals surface area contributed by atoms with E-state index in [1.54, 1.807) is 18.3 Å². The lowest BCUT2D eigenvalue weighted by Crippen LogP contribution is -2.27. The number of pyridine rings is 1. The van der Waals surface area contributed by atoms with Crippen LogP contribution in [-0.2, 0) is 4.74 Å². The lowest BCUT2D eigenvalue weighted by atomic mass is 10.1. The van der Waals surface area contributed by atoms with E-state index in [-0.39, 0.29) is 5.97 Å². The van der Waals surface area contributed by atoms with Crippen LogP contribution in [0.1, 0.15) is 24.2 Å². The number of anilines is 2. The van der Waals surface area contributed by atoms with Crippen molar-refractivity contribution in [2.24, 2.45) is 0 Å². The number of carbonyl (C=O) groups excluding carboxylic acids is 1. The number of halogens is 1. The van der Waals surface area contributed by atoms with E-state index in [1.807, 2.05) is 36.4 Å². The van der Waals surface area contributed by atoms with Gasteiger partial charge in [-0.25, -0.2) is 4.79 Å². The van der Waals surface area contributed by atoms with Gasteiger partial charge in [-0.2, -0.15) is 0 Å². The molecule has 0 atom stereocenters. The molecule has 2 aromatic carbocycles. The van der Waals surface area contributed by atoms with E-state index in [0.29, 0.717) is 17.2 Å². The first kappa shape index (κ1) is 20.1. The van der Waals surface area contributed by atoms with Crippen LogP contribution >= 0.6 is 11.6 Å². The zero-order valence-electron chi connectivity index (χ0n) is 16.1. The maximum Gasteiger partial charge on any atom is 0.338 e. The van der Waals surface area contributed by atoms with Gasteiger partial charge >= 0.3 is 5.97 Å². The molecule has 0 saturated heterocycles. The number of hydrogen-bond acceptors (Lipinski definition) is 5. The van der Waals surface area contributed by atoms with Gasteiger partial charge in [0.1, 0.15) is 6.61 Å². The number of nitrogens with one attached hydrogen (secondary N) is 1.